The van der Waals surface area contributed by atoms with E-state index < -0.39 is 0 Å². The summed E-state index contributed by atoms with van der Waals surface area (Å²) in [4.78, 5) is 29.9. The molecule has 0 radical (unpaired) electrons. The van der Waals surface area contributed by atoms with Crippen molar-refractivity contribution in [2.75, 3.05) is 33.4 Å². The molecule has 1 saturated heterocycles. The Morgan fingerprint density at radius 3 is 3.13 bits per heavy atom. The number of pyridine rings is 1. The van der Waals surface area contributed by atoms with Crippen molar-refractivity contribution in [3.63, 3.8) is 0 Å². The third-order valence-electron chi connectivity index (χ3n) is 4.10. The van der Waals surface area contributed by atoms with Crippen LogP contribution >= 0.6 is 0 Å². The molecule has 2 amide bonds. The number of carbonyl (C=O) groups is 2. The zero-order valence-electron chi connectivity index (χ0n) is 13.7. The molecule has 1 N–H and O–H groups in total. The second kappa shape index (κ2) is 9.25. The summed E-state index contributed by atoms with van der Waals surface area (Å²) >= 11 is 0. The van der Waals surface area contributed by atoms with Crippen LogP contribution in [0.4, 0.5) is 0 Å². The summed E-state index contributed by atoms with van der Waals surface area (Å²) in [6, 6.07) is 3.96. The third kappa shape index (κ3) is 5.63. The zero-order chi connectivity index (χ0) is 16.5. The molecule has 0 aliphatic carbocycles. The normalized spacial score (nSPS) is 18.0. The molecule has 1 fully saturated rings. The molecule has 0 unspecified atom stereocenters. The Labute approximate surface area is 137 Å². The molecule has 23 heavy (non-hydrogen) atoms. The van der Waals surface area contributed by atoms with Crippen molar-refractivity contribution in [1.29, 1.82) is 0 Å². The van der Waals surface area contributed by atoms with E-state index in [2.05, 4.69) is 10.3 Å². The van der Waals surface area contributed by atoms with E-state index in [4.69, 9.17) is 4.74 Å². The number of hydrogen-bond acceptors (Lipinski definition) is 4. The largest absolute Gasteiger partial charge is 0.383 e. The van der Waals surface area contributed by atoms with Gasteiger partial charge >= 0.3 is 0 Å². The lowest BCUT2D eigenvalue weighted by molar-refractivity contribution is -0.138. The minimum Gasteiger partial charge on any atom is -0.383 e. The van der Waals surface area contributed by atoms with Gasteiger partial charge in [0.25, 0.3) is 0 Å². The molecule has 0 bridgehead atoms. The van der Waals surface area contributed by atoms with Crippen molar-refractivity contribution in [1.82, 2.24) is 15.2 Å². The van der Waals surface area contributed by atoms with Gasteiger partial charge in [-0.1, -0.05) is 6.07 Å². The summed E-state index contributed by atoms with van der Waals surface area (Å²) in [6.07, 6.45) is 6.47. The van der Waals surface area contributed by atoms with Gasteiger partial charge in [-0.3, -0.25) is 14.6 Å². The number of nitrogens with one attached hydrogen (secondary N) is 1. The number of piperidine rings is 1. The van der Waals surface area contributed by atoms with Crippen molar-refractivity contribution in [3.05, 3.63) is 30.1 Å². The number of hydrogen-bond donors (Lipinski definition) is 1. The van der Waals surface area contributed by atoms with E-state index in [1.54, 1.807) is 18.2 Å². The van der Waals surface area contributed by atoms with E-state index in [1.165, 1.54) is 5.56 Å². The van der Waals surface area contributed by atoms with E-state index in [0.717, 1.165) is 12.8 Å². The average Bonchev–Trinajstić information content (AvgIpc) is 2.58. The highest BCUT2D eigenvalue weighted by atomic mass is 16.5. The molecule has 2 heterocycles. The molecule has 0 saturated carbocycles. The van der Waals surface area contributed by atoms with E-state index in [0.29, 0.717) is 39.1 Å². The molecule has 0 aromatic carbocycles. The quantitative estimate of drug-likeness (QED) is 0.726. The van der Waals surface area contributed by atoms with Crippen molar-refractivity contribution in [3.8, 4) is 0 Å². The lowest BCUT2D eigenvalue weighted by Crippen LogP contribution is -2.46. The van der Waals surface area contributed by atoms with Crippen LogP contribution in [0.2, 0.25) is 0 Å². The van der Waals surface area contributed by atoms with Crippen LogP contribution < -0.4 is 5.32 Å². The second-order valence-corrected chi connectivity index (χ2v) is 5.82. The molecule has 6 nitrogen and oxygen atoms in total. The molecule has 1 aliphatic heterocycles. The Morgan fingerprint density at radius 2 is 2.39 bits per heavy atom. The van der Waals surface area contributed by atoms with Crippen molar-refractivity contribution in [2.24, 2.45) is 5.92 Å². The van der Waals surface area contributed by atoms with Crippen LogP contribution in [0.15, 0.2) is 24.5 Å². The van der Waals surface area contributed by atoms with Crippen LogP contribution in [0.3, 0.4) is 0 Å². The lowest BCUT2D eigenvalue weighted by Gasteiger charge is -2.31. The number of aryl methyl sites for hydroxylation is 1. The fourth-order valence-electron chi connectivity index (χ4n) is 2.74. The Morgan fingerprint density at radius 1 is 1.52 bits per heavy atom. The SMILES string of the molecule is COCCN1C[C@@H](C(=O)NCCCc2cccnc2)CCC1=O. The van der Waals surface area contributed by atoms with Crippen LogP contribution in [0, 0.1) is 5.92 Å². The number of methoxy groups -OCH3 is 1. The highest BCUT2D eigenvalue weighted by Crippen LogP contribution is 2.17. The summed E-state index contributed by atoms with van der Waals surface area (Å²) in [6.45, 7) is 2.21. The Balaban J connectivity index is 1.69. The number of ether oxygens (including phenoxy) is 1. The minimum atomic E-state index is -0.108. The highest BCUT2D eigenvalue weighted by molar-refractivity contribution is 5.83. The van der Waals surface area contributed by atoms with Crippen LogP contribution in [-0.4, -0.2) is 55.0 Å². The molecule has 1 atom stereocenters. The Bertz CT molecular complexity index is 507. The Hall–Kier alpha value is -1.95. The molecule has 2 rings (SSSR count). The first kappa shape index (κ1) is 17.4. The second-order valence-electron chi connectivity index (χ2n) is 5.82. The van der Waals surface area contributed by atoms with Gasteiger partial charge in [0.1, 0.15) is 0 Å². The molecule has 1 aromatic heterocycles. The number of rotatable bonds is 8. The molecule has 6 heteroatoms. The van der Waals surface area contributed by atoms with Crippen molar-refractivity contribution >= 4 is 11.8 Å². The topological polar surface area (TPSA) is 71.5 Å². The fraction of sp³-hybridized carbons (Fsp3) is 0.588. The van der Waals surface area contributed by atoms with Gasteiger partial charge in [0.15, 0.2) is 0 Å². The van der Waals surface area contributed by atoms with E-state index >= 15 is 0 Å². The Kier molecular flexibility index (Phi) is 7.00. The van der Waals surface area contributed by atoms with Gasteiger partial charge in [-0.15, -0.1) is 0 Å². The van der Waals surface area contributed by atoms with Gasteiger partial charge < -0.3 is 15.0 Å². The number of likely N-dealkylation sites (tertiary alicyclic amines) is 1. The number of nitrogens with zero attached hydrogens (tertiary/aromatic N) is 2. The van der Waals surface area contributed by atoms with Crippen LogP contribution in [0.5, 0.6) is 0 Å². The molecule has 1 aromatic rings. The lowest BCUT2D eigenvalue weighted by atomic mass is 9.96. The number of carbonyl (C=O) groups excluding carboxylic acids is 2. The zero-order valence-corrected chi connectivity index (χ0v) is 13.7. The summed E-state index contributed by atoms with van der Waals surface area (Å²) in [7, 11) is 1.61. The predicted molar refractivity (Wildman–Crippen MR) is 86.7 cm³/mol. The summed E-state index contributed by atoms with van der Waals surface area (Å²) in [5.41, 5.74) is 1.18. The first-order valence-electron chi connectivity index (χ1n) is 8.14. The summed E-state index contributed by atoms with van der Waals surface area (Å²) in [5, 5.41) is 2.99. The standard InChI is InChI=1S/C17H25N3O3/c1-23-11-10-20-13-15(6-7-16(20)21)17(22)19-9-3-5-14-4-2-8-18-12-14/h2,4,8,12,15H,3,5-7,9-11,13H2,1H3,(H,19,22)/t15-/m0/s1. The van der Waals surface area contributed by atoms with Gasteiger partial charge in [0.05, 0.1) is 12.5 Å². The maximum absolute atomic E-state index is 12.2. The van der Waals surface area contributed by atoms with Crippen LogP contribution in [0.25, 0.3) is 0 Å². The van der Waals surface area contributed by atoms with E-state index in [1.807, 2.05) is 18.3 Å². The maximum Gasteiger partial charge on any atom is 0.224 e. The van der Waals surface area contributed by atoms with Gasteiger partial charge in [-0.2, -0.15) is 0 Å². The average molecular weight is 319 g/mol. The smallest absolute Gasteiger partial charge is 0.224 e. The van der Waals surface area contributed by atoms with Crippen molar-refractivity contribution < 1.29 is 14.3 Å². The molecular weight excluding hydrogens is 294 g/mol. The number of amides is 2. The molecule has 126 valence electrons. The molecular formula is C17H25N3O3. The monoisotopic (exact) mass is 319 g/mol. The number of aromatic nitrogens is 1. The van der Waals surface area contributed by atoms with Gasteiger partial charge in [-0.05, 0) is 30.9 Å². The van der Waals surface area contributed by atoms with Gasteiger partial charge in [0, 0.05) is 45.6 Å². The first-order chi connectivity index (χ1) is 11.2. The van der Waals surface area contributed by atoms with Gasteiger partial charge in [0.2, 0.25) is 11.8 Å². The summed E-state index contributed by atoms with van der Waals surface area (Å²) in [5.74, 6) is 0.0525. The predicted octanol–water partition coefficient (Wildman–Crippen LogP) is 1.02. The fourth-order valence-corrected chi connectivity index (χ4v) is 2.74. The molecule has 1 aliphatic rings. The highest BCUT2D eigenvalue weighted by Gasteiger charge is 2.29. The molecule has 0 spiro atoms. The van der Waals surface area contributed by atoms with Crippen LogP contribution in [0.1, 0.15) is 24.8 Å². The third-order valence-corrected chi connectivity index (χ3v) is 4.10. The van der Waals surface area contributed by atoms with Crippen molar-refractivity contribution in [2.45, 2.75) is 25.7 Å². The summed E-state index contributed by atoms with van der Waals surface area (Å²) < 4.78 is 5.01. The van der Waals surface area contributed by atoms with Crippen LogP contribution in [-0.2, 0) is 20.7 Å². The minimum absolute atomic E-state index is 0.0473. The maximum atomic E-state index is 12.2. The first-order valence-corrected chi connectivity index (χ1v) is 8.14. The van der Waals surface area contributed by atoms with E-state index in [9.17, 15) is 9.59 Å². The van der Waals surface area contributed by atoms with E-state index in [-0.39, 0.29) is 17.7 Å². The van der Waals surface area contributed by atoms with Gasteiger partial charge in [-0.25, -0.2) is 0 Å².